The van der Waals surface area contributed by atoms with Crippen molar-refractivity contribution in [2.45, 2.75) is 83.6 Å². The van der Waals surface area contributed by atoms with Crippen molar-refractivity contribution in [2.24, 2.45) is 17.8 Å². The van der Waals surface area contributed by atoms with Crippen LogP contribution in [0.15, 0.2) is 100 Å². The van der Waals surface area contributed by atoms with Gasteiger partial charge >= 0.3 is 23.3 Å². The van der Waals surface area contributed by atoms with Gasteiger partial charge in [-0.3, -0.25) is 5.32 Å². The van der Waals surface area contributed by atoms with E-state index in [4.69, 9.17) is 0 Å². The summed E-state index contributed by atoms with van der Waals surface area (Å²) >= 11 is 0. The van der Waals surface area contributed by atoms with Crippen LogP contribution in [0.5, 0.6) is 0 Å². The van der Waals surface area contributed by atoms with Gasteiger partial charge in [-0.25, -0.2) is 16.8 Å². The van der Waals surface area contributed by atoms with Crippen molar-refractivity contribution in [3.05, 3.63) is 95.9 Å². The zero-order valence-corrected chi connectivity index (χ0v) is 31.0. The number of benzene rings is 2. The molecule has 2 aromatic carbocycles. The van der Waals surface area contributed by atoms with E-state index in [0.29, 0.717) is 25.7 Å². The Morgan fingerprint density at radius 2 is 1.53 bits per heavy atom. The first-order valence-electron chi connectivity index (χ1n) is 16.5. The molecule has 0 spiro atoms. The van der Waals surface area contributed by atoms with Crippen LogP contribution < -0.4 is 9.44 Å². The van der Waals surface area contributed by atoms with Crippen LogP contribution in [0.2, 0.25) is 0 Å². The van der Waals surface area contributed by atoms with Gasteiger partial charge in [-0.2, -0.15) is 49.5 Å². The quantitative estimate of drug-likeness (QED) is 0.106. The summed E-state index contributed by atoms with van der Waals surface area (Å²) in [5.74, 6) is -16.6. The number of halogens is 9. The summed E-state index contributed by atoms with van der Waals surface area (Å²) in [5.41, 5.74) is 0.0359. The normalized spacial score (nSPS) is 27.3. The zero-order chi connectivity index (χ0) is 39.5. The molecule has 0 saturated heterocycles. The van der Waals surface area contributed by atoms with Crippen molar-refractivity contribution in [1.82, 2.24) is 9.44 Å². The highest BCUT2D eigenvalue weighted by Gasteiger charge is 2.85. The average Bonchev–Trinajstić information content (AvgIpc) is 3.46. The highest BCUT2D eigenvalue weighted by molar-refractivity contribution is 8.36. The molecule has 18 heteroatoms. The third-order valence-corrected chi connectivity index (χ3v) is 17.7. The van der Waals surface area contributed by atoms with Gasteiger partial charge < -0.3 is 0 Å². The lowest BCUT2D eigenvalue weighted by Gasteiger charge is -2.40. The number of hydrogen-bond donors (Lipinski definition) is 2. The van der Waals surface area contributed by atoms with E-state index in [2.05, 4.69) is 54.6 Å². The molecule has 0 radical (unpaired) electrons. The molecule has 53 heavy (non-hydrogen) atoms. The summed E-state index contributed by atoms with van der Waals surface area (Å²) in [6, 6.07) is 18.1. The molecule has 6 rings (SSSR count). The number of allylic oxidation sites excluding steroid dienone is 4. The Hall–Kier alpha value is -2.80. The van der Waals surface area contributed by atoms with Gasteiger partial charge in [-0.15, -0.1) is 10.7 Å². The van der Waals surface area contributed by atoms with Crippen molar-refractivity contribution < 1.29 is 56.3 Å². The lowest BCUT2D eigenvalue weighted by atomic mass is 9.73. The van der Waals surface area contributed by atoms with Crippen LogP contribution in [0.3, 0.4) is 0 Å². The molecule has 0 heterocycles. The molecule has 6 nitrogen and oxygen atoms in total. The SMILES string of the molecule is C=CC/C=C(\C=C/C)S(C)(c1ccccc1)c1cccc(C2C3CC4C[C@H]2C(NCS(=O)(=O)NS(=O)(=O)C(F)(F)C(F)(F)C(F)(F)C(F)(F)F)(C4)C3)c1. The molecule has 2 aromatic rings. The first-order chi connectivity index (χ1) is 24.4. The summed E-state index contributed by atoms with van der Waals surface area (Å²) < 4.78 is 171. The monoisotopic (exact) mass is 818 g/mol. The predicted molar refractivity (Wildman–Crippen MR) is 185 cm³/mol. The van der Waals surface area contributed by atoms with Crippen LogP contribution >= 0.6 is 10.0 Å². The van der Waals surface area contributed by atoms with Crippen molar-refractivity contribution in [2.75, 3.05) is 12.1 Å². The Balaban J connectivity index is 1.42. The highest BCUT2D eigenvalue weighted by Crippen LogP contribution is 2.69. The third-order valence-electron chi connectivity index (χ3n) is 10.7. The van der Waals surface area contributed by atoms with Crippen LogP contribution in [-0.2, 0) is 20.0 Å². The minimum Gasteiger partial charge on any atom is -0.297 e. The van der Waals surface area contributed by atoms with E-state index in [-0.39, 0.29) is 27.8 Å². The second kappa shape index (κ2) is 14.0. The molecule has 294 valence electrons. The van der Waals surface area contributed by atoms with Crippen LogP contribution in [0.4, 0.5) is 39.5 Å². The summed E-state index contributed by atoms with van der Waals surface area (Å²) in [7, 11) is -14.7. The number of rotatable bonds is 15. The molecular formula is C35H39F9N2O4S3. The molecule has 2 N–H and O–H groups in total. The number of hydrogen-bond acceptors (Lipinski definition) is 5. The molecule has 5 unspecified atom stereocenters. The standard InChI is InChI=1S/C35H39F9N2O4S3/c1-4-6-13-26(11-5-2)51(3,27-14-8-7-9-15-27)28-16-10-12-24(19-28)30-25-17-23-18-29(30)31(20-23,21-25)45-22-52(47,48)46-53(49,50)35(43,44)33(38,39)32(36,37)34(40,41)42/h4-5,7-16,19,23,25,29-30,45-46H,1,6,17-18,20-22H2,2-3H3/b11-5-,26-13+/t23?,25?,29-,30?,31?/m1/s1. The number of nitrogens with one attached hydrogen (secondary N) is 2. The molecular weight excluding hydrogens is 780 g/mol. The Kier molecular flexibility index (Phi) is 11.0. The maximum Gasteiger partial charge on any atom is 0.460 e. The van der Waals surface area contributed by atoms with E-state index >= 15 is 0 Å². The molecule has 4 aliphatic carbocycles. The fourth-order valence-electron chi connectivity index (χ4n) is 8.43. The largest absolute Gasteiger partial charge is 0.460 e. The molecule has 6 atom stereocenters. The summed E-state index contributed by atoms with van der Waals surface area (Å²) in [6.07, 6.45) is 5.81. The van der Waals surface area contributed by atoms with Crippen LogP contribution in [-0.4, -0.2) is 57.8 Å². The fourth-order valence-corrected chi connectivity index (χ4v) is 14.4. The first kappa shape index (κ1) is 41.4. The van der Waals surface area contributed by atoms with Gasteiger partial charge in [-0.05, 0) is 113 Å². The Bertz CT molecular complexity index is 1990. The third kappa shape index (κ3) is 6.99. The van der Waals surface area contributed by atoms with E-state index < -0.39 is 64.8 Å². The minimum absolute atomic E-state index is 0.0339. The Morgan fingerprint density at radius 3 is 2.13 bits per heavy atom. The molecule has 4 saturated carbocycles. The van der Waals surface area contributed by atoms with Crippen LogP contribution in [0.1, 0.15) is 50.5 Å². The maximum atomic E-state index is 14.3. The zero-order valence-electron chi connectivity index (χ0n) is 28.5. The van der Waals surface area contributed by atoms with Gasteiger partial charge in [0.1, 0.15) is 5.88 Å². The van der Waals surface area contributed by atoms with Crippen molar-refractivity contribution in [3.63, 3.8) is 0 Å². The van der Waals surface area contributed by atoms with Gasteiger partial charge in [0.05, 0.1) is 0 Å². The molecule has 4 aliphatic rings. The summed E-state index contributed by atoms with van der Waals surface area (Å²) in [6.45, 7) is 5.79. The molecule has 0 aromatic heterocycles. The van der Waals surface area contributed by atoms with Crippen LogP contribution in [0, 0.1) is 17.8 Å². The number of alkyl halides is 9. The molecule has 0 amide bonds. The summed E-state index contributed by atoms with van der Waals surface area (Å²) in [5, 5.41) is -4.43. The average molecular weight is 819 g/mol. The van der Waals surface area contributed by atoms with Crippen molar-refractivity contribution in [1.29, 1.82) is 0 Å². The second-order valence-electron chi connectivity index (χ2n) is 13.9. The lowest BCUT2D eigenvalue weighted by molar-refractivity contribution is -0.382. The van der Waals surface area contributed by atoms with Gasteiger partial charge in [-0.1, -0.05) is 54.6 Å². The van der Waals surface area contributed by atoms with Crippen molar-refractivity contribution >= 4 is 30.1 Å². The smallest absolute Gasteiger partial charge is 0.297 e. The molecule has 0 aliphatic heterocycles. The number of sulfonamides is 2. The fraction of sp³-hybridized carbons (Fsp3) is 0.486. The summed E-state index contributed by atoms with van der Waals surface area (Å²) in [4.78, 5) is 3.27. The Labute approximate surface area is 304 Å². The first-order valence-corrected chi connectivity index (χ1v) is 21.7. The maximum absolute atomic E-state index is 14.3. The molecule has 4 bridgehead atoms. The lowest BCUT2D eigenvalue weighted by Crippen LogP contribution is -2.65. The van der Waals surface area contributed by atoms with E-state index in [0.717, 1.165) is 26.7 Å². The highest BCUT2D eigenvalue weighted by atomic mass is 32.3. The van der Waals surface area contributed by atoms with Gasteiger partial charge in [0.15, 0.2) is 0 Å². The predicted octanol–water partition coefficient (Wildman–Crippen LogP) is 9.07. The van der Waals surface area contributed by atoms with Crippen molar-refractivity contribution in [3.8, 4) is 0 Å². The van der Waals surface area contributed by atoms with Gasteiger partial charge in [0.2, 0.25) is 10.0 Å². The van der Waals surface area contributed by atoms with E-state index in [1.807, 2.05) is 43.3 Å². The van der Waals surface area contributed by atoms with Crippen LogP contribution in [0.25, 0.3) is 0 Å². The minimum atomic E-state index is -7.57. The van der Waals surface area contributed by atoms with E-state index in [1.165, 1.54) is 0 Å². The second-order valence-corrected chi connectivity index (χ2v) is 20.9. The van der Waals surface area contributed by atoms with Gasteiger partial charge in [0, 0.05) is 5.54 Å². The van der Waals surface area contributed by atoms with Gasteiger partial charge in [0.25, 0.3) is 10.0 Å². The van der Waals surface area contributed by atoms with E-state index in [1.54, 1.807) is 6.08 Å². The topological polar surface area (TPSA) is 92.3 Å². The Morgan fingerprint density at radius 1 is 0.887 bits per heavy atom. The van der Waals surface area contributed by atoms with E-state index in [9.17, 15) is 56.3 Å². The molecule has 4 fully saturated rings.